The van der Waals surface area contributed by atoms with E-state index < -0.39 is 10.0 Å². The molecule has 0 spiro atoms. The highest BCUT2D eigenvalue weighted by Gasteiger charge is 2.23. The molecule has 0 aromatic carbocycles. The molecule has 1 aliphatic heterocycles. The summed E-state index contributed by atoms with van der Waals surface area (Å²) < 4.78 is 31.0. The highest BCUT2D eigenvalue weighted by Crippen LogP contribution is 2.14. The Morgan fingerprint density at radius 2 is 2.11 bits per heavy atom. The van der Waals surface area contributed by atoms with Gasteiger partial charge in [-0.25, -0.2) is 12.7 Å². The minimum Gasteiger partial charge on any atom is -0.377 e. The molecule has 18 heavy (non-hydrogen) atoms. The fraction of sp³-hybridized carbons (Fsp3) is 1.00. The van der Waals surface area contributed by atoms with Crippen LogP contribution in [0.5, 0.6) is 0 Å². The van der Waals surface area contributed by atoms with Crippen molar-refractivity contribution < 1.29 is 13.2 Å². The van der Waals surface area contributed by atoms with E-state index in [9.17, 15) is 8.42 Å². The molecule has 0 aromatic rings. The molecule has 1 atom stereocenters. The zero-order chi connectivity index (χ0) is 13.4. The summed E-state index contributed by atoms with van der Waals surface area (Å²) in [4.78, 5) is 0. The molecule has 1 aliphatic rings. The van der Waals surface area contributed by atoms with Gasteiger partial charge in [0.25, 0.3) is 0 Å². The highest BCUT2D eigenvalue weighted by molar-refractivity contribution is 7.89. The minimum atomic E-state index is -3.15. The first-order valence-corrected chi connectivity index (χ1v) is 8.43. The van der Waals surface area contributed by atoms with Crippen LogP contribution < -0.4 is 5.32 Å². The lowest BCUT2D eigenvalue weighted by atomic mass is 10.1. The second-order valence-corrected chi connectivity index (χ2v) is 7.03. The van der Waals surface area contributed by atoms with Crippen LogP contribution >= 0.6 is 0 Å². The van der Waals surface area contributed by atoms with Crippen LogP contribution in [0.3, 0.4) is 0 Å². The third-order valence-corrected chi connectivity index (χ3v) is 4.99. The predicted molar refractivity (Wildman–Crippen MR) is 73.2 cm³/mol. The van der Waals surface area contributed by atoms with Gasteiger partial charge in [-0.1, -0.05) is 6.92 Å². The van der Waals surface area contributed by atoms with Crippen LogP contribution in [-0.2, 0) is 14.8 Å². The number of sulfonamides is 1. The number of rotatable bonds is 8. The molecule has 5 nitrogen and oxygen atoms in total. The van der Waals surface area contributed by atoms with Crippen LogP contribution in [-0.4, -0.2) is 57.9 Å². The number of likely N-dealkylation sites (N-methyl/N-ethyl adjacent to an activating group) is 1. The van der Waals surface area contributed by atoms with Gasteiger partial charge in [0.2, 0.25) is 10.0 Å². The Morgan fingerprint density at radius 1 is 1.33 bits per heavy atom. The molecule has 0 bridgehead atoms. The molecular formula is C12H26N2O3S. The maximum atomic E-state index is 12.0. The molecular weight excluding hydrogens is 252 g/mol. The maximum Gasteiger partial charge on any atom is 0.215 e. The molecule has 1 saturated heterocycles. The summed E-state index contributed by atoms with van der Waals surface area (Å²) >= 11 is 0. The number of hydrogen-bond acceptors (Lipinski definition) is 4. The van der Waals surface area contributed by atoms with E-state index in [2.05, 4.69) is 12.2 Å². The Bertz CT molecular complexity index is 313. The molecule has 1 unspecified atom stereocenters. The minimum absolute atomic E-state index is 0.0714. The van der Waals surface area contributed by atoms with Crippen molar-refractivity contribution in [3.8, 4) is 0 Å². The van der Waals surface area contributed by atoms with Gasteiger partial charge in [0, 0.05) is 26.7 Å². The average molecular weight is 278 g/mol. The molecule has 1 fully saturated rings. The van der Waals surface area contributed by atoms with E-state index in [-0.39, 0.29) is 11.9 Å². The van der Waals surface area contributed by atoms with Gasteiger partial charge in [-0.05, 0) is 32.2 Å². The third-order valence-electron chi connectivity index (χ3n) is 3.17. The Labute approximate surface area is 111 Å². The van der Waals surface area contributed by atoms with Crippen molar-refractivity contribution in [1.29, 1.82) is 0 Å². The Hall–Kier alpha value is -0.170. The number of nitrogens with one attached hydrogen (secondary N) is 1. The van der Waals surface area contributed by atoms with Gasteiger partial charge in [-0.3, -0.25) is 0 Å². The Kier molecular flexibility index (Phi) is 7.14. The molecule has 1 rings (SSSR count). The monoisotopic (exact) mass is 278 g/mol. The van der Waals surface area contributed by atoms with E-state index in [4.69, 9.17) is 4.74 Å². The van der Waals surface area contributed by atoms with Crippen LogP contribution in [0.4, 0.5) is 0 Å². The second kappa shape index (κ2) is 8.09. The first kappa shape index (κ1) is 15.9. The van der Waals surface area contributed by atoms with Crippen LogP contribution in [0.25, 0.3) is 0 Å². The lowest BCUT2D eigenvalue weighted by Gasteiger charge is -2.27. The summed E-state index contributed by atoms with van der Waals surface area (Å²) in [5, 5.41) is 3.11. The number of ether oxygens (including phenoxy) is 1. The van der Waals surface area contributed by atoms with E-state index in [1.54, 1.807) is 7.05 Å². The maximum absolute atomic E-state index is 12.0. The molecule has 0 radical (unpaired) electrons. The first-order chi connectivity index (χ1) is 8.56. The van der Waals surface area contributed by atoms with Gasteiger partial charge in [-0.2, -0.15) is 0 Å². The van der Waals surface area contributed by atoms with Crippen LogP contribution in [0, 0.1) is 0 Å². The van der Waals surface area contributed by atoms with Crippen molar-refractivity contribution in [2.75, 3.05) is 39.0 Å². The fourth-order valence-corrected chi connectivity index (χ4v) is 3.12. The summed E-state index contributed by atoms with van der Waals surface area (Å²) in [6.45, 7) is 4.69. The fourth-order valence-electron chi connectivity index (χ4n) is 2.01. The molecule has 1 heterocycles. The lowest BCUT2D eigenvalue weighted by Crippen LogP contribution is -2.40. The van der Waals surface area contributed by atoms with Gasteiger partial charge in [0.1, 0.15) is 0 Å². The zero-order valence-corrected chi connectivity index (χ0v) is 12.3. The molecule has 0 saturated carbocycles. The molecule has 0 amide bonds. The smallest absolute Gasteiger partial charge is 0.215 e. The van der Waals surface area contributed by atoms with Gasteiger partial charge in [-0.15, -0.1) is 0 Å². The summed E-state index contributed by atoms with van der Waals surface area (Å²) in [7, 11) is -1.50. The Balaban J connectivity index is 2.31. The van der Waals surface area contributed by atoms with Crippen LogP contribution in [0.15, 0.2) is 0 Å². The van der Waals surface area contributed by atoms with Gasteiger partial charge >= 0.3 is 0 Å². The van der Waals surface area contributed by atoms with Crippen molar-refractivity contribution in [2.24, 2.45) is 0 Å². The quantitative estimate of drug-likeness (QED) is 0.668. The Morgan fingerprint density at radius 3 is 2.72 bits per heavy atom. The first-order valence-electron chi connectivity index (χ1n) is 6.82. The molecule has 0 aromatic heterocycles. The summed E-state index contributed by atoms with van der Waals surface area (Å²) in [5.74, 6) is 0.163. The molecule has 108 valence electrons. The normalized spacial score (nSPS) is 21.4. The summed E-state index contributed by atoms with van der Waals surface area (Å²) in [6, 6.07) is 0. The van der Waals surface area contributed by atoms with Crippen LogP contribution in [0.1, 0.15) is 32.6 Å². The van der Waals surface area contributed by atoms with E-state index >= 15 is 0 Å². The number of nitrogens with zero attached hydrogens (tertiary/aromatic N) is 1. The van der Waals surface area contributed by atoms with E-state index in [1.807, 2.05) is 0 Å². The number of hydrogen-bond donors (Lipinski definition) is 1. The van der Waals surface area contributed by atoms with Crippen LogP contribution in [0.2, 0.25) is 0 Å². The lowest BCUT2D eigenvalue weighted by molar-refractivity contribution is 0.00859. The van der Waals surface area contributed by atoms with Crippen molar-refractivity contribution in [2.45, 2.75) is 38.7 Å². The van der Waals surface area contributed by atoms with Crippen molar-refractivity contribution >= 4 is 10.0 Å². The van der Waals surface area contributed by atoms with Gasteiger partial charge in [0.05, 0.1) is 11.9 Å². The van der Waals surface area contributed by atoms with Gasteiger partial charge in [0.15, 0.2) is 0 Å². The largest absolute Gasteiger partial charge is 0.377 e. The van der Waals surface area contributed by atoms with E-state index in [0.717, 1.165) is 38.8 Å². The van der Waals surface area contributed by atoms with Crippen molar-refractivity contribution in [3.05, 3.63) is 0 Å². The standard InChI is InChI=1S/C12H26N2O3S/c1-3-7-13-8-10-18(15,16)14(2)11-12-6-4-5-9-17-12/h12-13H,3-11H2,1-2H3. The van der Waals surface area contributed by atoms with Crippen molar-refractivity contribution in [1.82, 2.24) is 9.62 Å². The molecule has 0 aliphatic carbocycles. The zero-order valence-electron chi connectivity index (χ0n) is 11.5. The SMILES string of the molecule is CCCNCCS(=O)(=O)N(C)CC1CCCCO1. The van der Waals surface area contributed by atoms with Gasteiger partial charge < -0.3 is 10.1 Å². The summed E-state index contributed by atoms with van der Waals surface area (Å²) in [5.41, 5.74) is 0. The second-order valence-electron chi connectivity index (χ2n) is 4.84. The predicted octanol–water partition coefficient (Wildman–Crippen LogP) is 0.817. The summed E-state index contributed by atoms with van der Waals surface area (Å²) in [6.07, 6.45) is 4.28. The van der Waals surface area contributed by atoms with E-state index in [1.165, 1.54) is 4.31 Å². The molecule has 6 heteroatoms. The van der Waals surface area contributed by atoms with E-state index in [0.29, 0.717) is 13.1 Å². The topological polar surface area (TPSA) is 58.6 Å². The molecule has 1 N–H and O–H groups in total. The third kappa shape index (κ3) is 5.65. The highest BCUT2D eigenvalue weighted by atomic mass is 32.2. The average Bonchev–Trinajstić information content (AvgIpc) is 2.36. The van der Waals surface area contributed by atoms with Crippen molar-refractivity contribution in [3.63, 3.8) is 0 Å².